The van der Waals surface area contributed by atoms with Crippen molar-refractivity contribution in [3.05, 3.63) is 11.7 Å². The van der Waals surface area contributed by atoms with Gasteiger partial charge in [-0.2, -0.15) is 4.98 Å². The van der Waals surface area contributed by atoms with Crippen molar-refractivity contribution in [2.45, 2.75) is 64.3 Å². The zero-order chi connectivity index (χ0) is 14.0. The molecule has 4 aliphatic rings. The first kappa shape index (κ1) is 12.8. The third-order valence-electron chi connectivity index (χ3n) is 5.88. The molecule has 4 heteroatoms. The Kier molecular flexibility index (Phi) is 2.46. The van der Waals surface area contributed by atoms with Gasteiger partial charge in [0.15, 0.2) is 5.82 Å². The molecule has 0 saturated heterocycles. The molecule has 0 aliphatic heterocycles. The van der Waals surface area contributed by atoms with Crippen LogP contribution in [0.15, 0.2) is 4.52 Å². The highest BCUT2D eigenvalue weighted by atomic mass is 16.5. The Labute approximate surface area is 120 Å². The Morgan fingerprint density at radius 3 is 2.45 bits per heavy atom. The summed E-state index contributed by atoms with van der Waals surface area (Å²) in [4.78, 5) is 4.71. The molecular weight excluding hydrogens is 250 g/mol. The lowest BCUT2D eigenvalue weighted by molar-refractivity contribution is -0.118. The fourth-order valence-electron chi connectivity index (χ4n) is 6.39. The SMILES string of the molecule is CNCc1noc(C23CC4CC(C)(CC(C)(C4)C2)C3)n1. The quantitative estimate of drug-likeness (QED) is 0.921. The van der Waals surface area contributed by atoms with Gasteiger partial charge in [-0.25, -0.2) is 0 Å². The van der Waals surface area contributed by atoms with Gasteiger partial charge in [-0.3, -0.25) is 0 Å². The van der Waals surface area contributed by atoms with Gasteiger partial charge in [0.25, 0.3) is 0 Å². The van der Waals surface area contributed by atoms with E-state index in [1.807, 2.05) is 7.05 Å². The fraction of sp³-hybridized carbons (Fsp3) is 0.875. The number of nitrogens with zero attached hydrogens (tertiary/aromatic N) is 2. The van der Waals surface area contributed by atoms with Crippen molar-refractivity contribution >= 4 is 0 Å². The average molecular weight is 275 g/mol. The maximum Gasteiger partial charge on any atom is 0.232 e. The molecule has 0 spiro atoms. The predicted molar refractivity (Wildman–Crippen MR) is 76.1 cm³/mol. The highest BCUT2D eigenvalue weighted by Gasteiger charge is 2.62. The summed E-state index contributed by atoms with van der Waals surface area (Å²) in [5.41, 5.74) is 1.15. The van der Waals surface area contributed by atoms with Gasteiger partial charge < -0.3 is 9.84 Å². The van der Waals surface area contributed by atoms with E-state index in [1.165, 1.54) is 38.5 Å². The maximum absolute atomic E-state index is 5.69. The summed E-state index contributed by atoms with van der Waals surface area (Å²) in [6.45, 7) is 5.66. The van der Waals surface area contributed by atoms with Crippen molar-refractivity contribution in [3.63, 3.8) is 0 Å². The van der Waals surface area contributed by atoms with E-state index in [2.05, 4.69) is 24.3 Å². The Morgan fingerprint density at radius 2 is 1.85 bits per heavy atom. The van der Waals surface area contributed by atoms with Crippen molar-refractivity contribution < 1.29 is 4.52 Å². The number of hydrogen-bond donors (Lipinski definition) is 1. The van der Waals surface area contributed by atoms with E-state index in [0.717, 1.165) is 17.6 Å². The van der Waals surface area contributed by atoms with Gasteiger partial charge in [-0.05, 0) is 62.3 Å². The van der Waals surface area contributed by atoms with Crippen molar-refractivity contribution in [2.75, 3.05) is 7.05 Å². The third kappa shape index (κ3) is 1.77. The molecule has 2 atom stereocenters. The molecule has 20 heavy (non-hydrogen) atoms. The van der Waals surface area contributed by atoms with Crippen LogP contribution in [0.4, 0.5) is 0 Å². The Balaban J connectivity index is 1.72. The second kappa shape index (κ2) is 3.85. The minimum Gasteiger partial charge on any atom is -0.339 e. The number of aromatic nitrogens is 2. The van der Waals surface area contributed by atoms with Crippen LogP contribution in [0.5, 0.6) is 0 Å². The van der Waals surface area contributed by atoms with Crippen molar-refractivity contribution in [3.8, 4) is 0 Å². The van der Waals surface area contributed by atoms with Gasteiger partial charge >= 0.3 is 0 Å². The molecule has 0 amide bonds. The van der Waals surface area contributed by atoms with Gasteiger partial charge in [0.2, 0.25) is 5.89 Å². The van der Waals surface area contributed by atoms with E-state index in [0.29, 0.717) is 17.4 Å². The van der Waals surface area contributed by atoms with Crippen LogP contribution in [0.1, 0.15) is 64.1 Å². The molecule has 4 nitrogen and oxygen atoms in total. The standard InChI is InChI=1S/C16H25N3O/c1-14-4-11-5-15(2,8-14)10-16(6-11,9-14)13-18-12(7-17-3)19-20-13/h11,17H,4-10H2,1-3H3. The molecule has 0 aromatic carbocycles. The predicted octanol–water partition coefficient (Wildman–Crippen LogP) is 3.04. The Morgan fingerprint density at radius 1 is 1.15 bits per heavy atom. The highest BCUT2D eigenvalue weighted by molar-refractivity contribution is 5.20. The van der Waals surface area contributed by atoms with E-state index < -0.39 is 0 Å². The zero-order valence-electron chi connectivity index (χ0n) is 12.8. The van der Waals surface area contributed by atoms with Gasteiger partial charge in [0.05, 0.1) is 12.0 Å². The monoisotopic (exact) mass is 275 g/mol. The van der Waals surface area contributed by atoms with E-state index in [-0.39, 0.29) is 5.41 Å². The lowest BCUT2D eigenvalue weighted by Gasteiger charge is -2.64. The molecule has 4 fully saturated rings. The van der Waals surface area contributed by atoms with Crippen LogP contribution in [-0.4, -0.2) is 17.2 Å². The van der Waals surface area contributed by atoms with E-state index in [1.54, 1.807) is 0 Å². The van der Waals surface area contributed by atoms with Gasteiger partial charge in [-0.15, -0.1) is 0 Å². The van der Waals surface area contributed by atoms with Crippen LogP contribution in [-0.2, 0) is 12.0 Å². The van der Waals surface area contributed by atoms with Crippen molar-refractivity contribution in [2.24, 2.45) is 16.7 Å². The summed E-state index contributed by atoms with van der Waals surface area (Å²) in [7, 11) is 1.92. The fourth-order valence-corrected chi connectivity index (χ4v) is 6.39. The first-order valence-corrected chi connectivity index (χ1v) is 7.92. The maximum atomic E-state index is 5.69. The number of nitrogens with one attached hydrogen (secondary N) is 1. The van der Waals surface area contributed by atoms with E-state index in [9.17, 15) is 0 Å². The molecule has 1 N–H and O–H groups in total. The van der Waals surface area contributed by atoms with Crippen molar-refractivity contribution in [1.82, 2.24) is 15.5 Å². The molecule has 1 heterocycles. The molecule has 1 aromatic rings. The normalized spacial score (nSPS) is 46.0. The average Bonchev–Trinajstić information content (AvgIpc) is 2.73. The lowest BCUT2D eigenvalue weighted by Crippen LogP contribution is -2.57. The molecule has 5 rings (SSSR count). The van der Waals surface area contributed by atoms with E-state index in [4.69, 9.17) is 9.51 Å². The lowest BCUT2D eigenvalue weighted by atomic mass is 9.40. The number of rotatable bonds is 3. The summed E-state index contributed by atoms with van der Waals surface area (Å²) in [5, 5.41) is 7.26. The topological polar surface area (TPSA) is 51.0 Å². The summed E-state index contributed by atoms with van der Waals surface area (Å²) in [6.07, 6.45) is 7.94. The highest BCUT2D eigenvalue weighted by Crippen LogP contribution is 2.69. The zero-order valence-corrected chi connectivity index (χ0v) is 12.8. The van der Waals surface area contributed by atoms with Crippen LogP contribution >= 0.6 is 0 Å². The van der Waals surface area contributed by atoms with Crippen LogP contribution < -0.4 is 5.32 Å². The Hall–Kier alpha value is -0.900. The summed E-state index contributed by atoms with van der Waals surface area (Å²) in [5.74, 6) is 2.58. The van der Waals surface area contributed by atoms with Crippen LogP contribution in [0.2, 0.25) is 0 Å². The molecule has 110 valence electrons. The molecule has 4 aliphatic carbocycles. The van der Waals surface area contributed by atoms with E-state index >= 15 is 0 Å². The molecule has 4 saturated carbocycles. The molecular formula is C16H25N3O. The summed E-state index contributed by atoms with van der Waals surface area (Å²) < 4.78 is 5.69. The van der Waals surface area contributed by atoms with Crippen LogP contribution in [0.25, 0.3) is 0 Å². The van der Waals surface area contributed by atoms with Crippen molar-refractivity contribution in [1.29, 1.82) is 0 Å². The minimum absolute atomic E-state index is 0.169. The van der Waals surface area contributed by atoms with Gasteiger partial charge in [0.1, 0.15) is 0 Å². The van der Waals surface area contributed by atoms with Gasteiger partial charge in [-0.1, -0.05) is 19.0 Å². The summed E-state index contributed by atoms with van der Waals surface area (Å²) >= 11 is 0. The summed E-state index contributed by atoms with van der Waals surface area (Å²) in [6, 6.07) is 0. The smallest absolute Gasteiger partial charge is 0.232 e. The van der Waals surface area contributed by atoms with Gasteiger partial charge in [0, 0.05) is 0 Å². The molecule has 4 bridgehead atoms. The van der Waals surface area contributed by atoms with Crippen LogP contribution in [0, 0.1) is 16.7 Å². The number of hydrogen-bond acceptors (Lipinski definition) is 4. The Bertz CT molecular complexity index is 520. The molecule has 0 radical (unpaired) electrons. The van der Waals surface area contributed by atoms with Crippen LogP contribution in [0.3, 0.4) is 0 Å². The third-order valence-corrected chi connectivity index (χ3v) is 5.88. The second-order valence-electron chi connectivity index (χ2n) is 8.46. The molecule has 1 aromatic heterocycles. The largest absolute Gasteiger partial charge is 0.339 e. The second-order valence-corrected chi connectivity index (χ2v) is 8.46. The minimum atomic E-state index is 0.169. The first-order chi connectivity index (χ1) is 9.44. The molecule has 2 unspecified atom stereocenters. The first-order valence-electron chi connectivity index (χ1n) is 7.92.